The summed E-state index contributed by atoms with van der Waals surface area (Å²) >= 11 is 0. The minimum absolute atomic E-state index is 0.0391. The Morgan fingerprint density at radius 1 is 1.16 bits per heavy atom. The van der Waals surface area contributed by atoms with Crippen LogP contribution in [-0.2, 0) is 16.6 Å². The van der Waals surface area contributed by atoms with Gasteiger partial charge in [0, 0.05) is 47.6 Å². The number of hydrogen-bond acceptors (Lipinski definition) is 4. The topological polar surface area (TPSA) is 98.4 Å². The molecular weight excluding hydrogens is 435 g/mol. The van der Waals surface area contributed by atoms with Gasteiger partial charge in [0.2, 0.25) is 10.0 Å². The highest BCUT2D eigenvalue weighted by molar-refractivity contribution is 7.93. The van der Waals surface area contributed by atoms with Crippen LogP contribution in [0.2, 0.25) is 0 Å². The largest absolute Gasteiger partial charge is 0.322 e. The Balaban J connectivity index is 1.47. The number of aromatic amines is 1. The van der Waals surface area contributed by atoms with E-state index in [2.05, 4.69) is 15.5 Å². The average Bonchev–Trinajstić information content (AvgIpc) is 3.42. The minimum Gasteiger partial charge on any atom is -0.316 e. The van der Waals surface area contributed by atoms with Crippen molar-refractivity contribution in [1.82, 2.24) is 15.1 Å². The molecule has 0 bridgehead atoms. The SMILES string of the molecule is O=C(Nc1cc(F)c(F)c(F)c1)N1Cc2c(N3CCCS3(=O)=O)n[nH]c2[C@@H]2CCC[C@@H]21. The number of H-pyrrole nitrogens is 1. The number of nitrogens with one attached hydrogen (secondary N) is 2. The second-order valence-electron chi connectivity index (χ2n) is 8.10. The van der Waals surface area contributed by atoms with Crippen LogP contribution < -0.4 is 9.62 Å². The lowest BCUT2D eigenvalue weighted by Crippen LogP contribution is -2.46. The molecule has 1 saturated carbocycles. The maximum atomic E-state index is 13.5. The first-order valence-electron chi connectivity index (χ1n) is 10.1. The summed E-state index contributed by atoms with van der Waals surface area (Å²) in [4.78, 5) is 14.6. The van der Waals surface area contributed by atoms with Crippen molar-refractivity contribution in [1.29, 1.82) is 0 Å². The molecule has 2 aromatic rings. The van der Waals surface area contributed by atoms with Crippen molar-refractivity contribution >= 4 is 27.6 Å². The van der Waals surface area contributed by atoms with Gasteiger partial charge in [-0.2, -0.15) is 5.10 Å². The number of sulfonamides is 1. The number of halogens is 3. The first-order chi connectivity index (χ1) is 14.8. The van der Waals surface area contributed by atoms with Crippen molar-refractivity contribution in [2.45, 2.75) is 44.2 Å². The van der Waals surface area contributed by atoms with Gasteiger partial charge in [-0.05, 0) is 19.3 Å². The molecule has 5 rings (SSSR count). The van der Waals surface area contributed by atoms with Crippen LogP contribution >= 0.6 is 0 Å². The fourth-order valence-electron chi connectivity index (χ4n) is 4.90. The molecule has 3 heterocycles. The standard InChI is InChI=1S/C19H20F3N5O3S/c20-13-7-10(8-14(21)16(13)22)23-19(28)26-9-12-17(11-3-1-4-15(11)26)24-25-18(12)27-5-2-6-31(27,29)30/h7-8,11,15H,1-6,9H2,(H,23,28)(H,24,25)/t11-,15+/m1/s1. The number of aromatic nitrogens is 2. The van der Waals surface area contributed by atoms with Gasteiger partial charge in [-0.25, -0.2) is 26.4 Å². The molecular formula is C19H20F3N5O3S. The van der Waals surface area contributed by atoms with E-state index in [-0.39, 0.29) is 29.9 Å². The smallest absolute Gasteiger partial charge is 0.316 e. The van der Waals surface area contributed by atoms with Crippen LogP contribution in [0.3, 0.4) is 0 Å². The van der Waals surface area contributed by atoms with E-state index < -0.39 is 33.5 Å². The zero-order chi connectivity index (χ0) is 21.9. The molecule has 0 radical (unpaired) electrons. The Hall–Kier alpha value is -2.76. The highest BCUT2D eigenvalue weighted by Gasteiger charge is 2.44. The van der Waals surface area contributed by atoms with Crippen molar-refractivity contribution in [3.63, 3.8) is 0 Å². The molecule has 31 heavy (non-hydrogen) atoms. The van der Waals surface area contributed by atoms with Crippen LogP contribution in [0.15, 0.2) is 12.1 Å². The fraction of sp³-hybridized carbons (Fsp3) is 0.474. The second kappa shape index (κ2) is 7.14. The first-order valence-corrected chi connectivity index (χ1v) is 11.7. The van der Waals surface area contributed by atoms with E-state index in [1.165, 1.54) is 4.31 Å². The number of hydrogen-bond donors (Lipinski definition) is 2. The zero-order valence-corrected chi connectivity index (χ0v) is 17.2. The molecule has 2 amide bonds. The summed E-state index contributed by atoms with van der Waals surface area (Å²) < 4.78 is 66.4. The third-order valence-electron chi connectivity index (χ3n) is 6.29. The van der Waals surface area contributed by atoms with Gasteiger partial charge in [-0.3, -0.25) is 9.40 Å². The summed E-state index contributed by atoms with van der Waals surface area (Å²) in [5.41, 5.74) is 1.28. The molecule has 12 heteroatoms. The van der Waals surface area contributed by atoms with Crippen molar-refractivity contribution in [3.8, 4) is 0 Å². The number of fused-ring (bicyclic) bond motifs is 3. The van der Waals surface area contributed by atoms with E-state index in [0.717, 1.165) is 37.1 Å². The Morgan fingerprint density at radius 3 is 2.58 bits per heavy atom. The van der Waals surface area contributed by atoms with Gasteiger partial charge >= 0.3 is 6.03 Å². The Morgan fingerprint density at radius 2 is 1.90 bits per heavy atom. The number of carbonyl (C=O) groups is 1. The van der Waals surface area contributed by atoms with Gasteiger partial charge in [0.1, 0.15) is 0 Å². The molecule has 3 aliphatic rings. The molecule has 166 valence electrons. The van der Waals surface area contributed by atoms with E-state index in [0.29, 0.717) is 24.3 Å². The van der Waals surface area contributed by atoms with Crippen LogP contribution in [0.1, 0.15) is 42.9 Å². The molecule has 2 aliphatic heterocycles. The van der Waals surface area contributed by atoms with E-state index in [4.69, 9.17) is 0 Å². The van der Waals surface area contributed by atoms with Crippen molar-refractivity contribution in [3.05, 3.63) is 40.8 Å². The van der Waals surface area contributed by atoms with Gasteiger partial charge in [-0.15, -0.1) is 0 Å². The summed E-state index contributed by atoms with van der Waals surface area (Å²) in [5.74, 6) is -4.09. The van der Waals surface area contributed by atoms with Crippen LogP contribution in [0.5, 0.6) is 0 Å². The third kappa shape index (κ3) is 3.24. The fourth-order valence-corrected chi connectivity index (χ4v) is 6.43. The molecule has 2 fully saturated rings. The van der Waals surface area contributed by atoms with E-state index >= 15 is 0 Å². The molecule has 1 aromatic carbocycles. The Labute approximate surface area is 176 Å². The number of urea groups is 1. The average molecular weight is 455 g/mol. The number of rotatable bonds is 2. The highest BCUT2D eigenvalue weighted by atomic mass is 32.2. The summed E-state index contributed by atoms with van der Waals surface area (Å²) in [6.45, 7) is 0.431. The molecule has 2 N–H and O–H groups in total. The first kappa shape index (κ1) is 20.2. The predicted octanol–water partition coefficient (Wildman–Crippen LogP) is 3.05. The molecule has 0 spiro atoms. The van der Waals surface area contributed by atoms with Gasteiger partial charge in [-0.1, -0.05) is 6.42 Å². The van der Waals surface area contributed by atoms with Gasteiger partial charge in [0.25, 0.3) is 0 Å². The lowest BCUT2D eigenvalue weighted by atomic mass is 9.90. The summed E-state index contributed by atoms with van der Waals surface area (Å²) in [7, 11) is -3.45. The highest BCUT2D eigenvalue weighted by Crippen LogP contribution is 2.45. The summed E-state index contributed by atoms with van der Waals surface area (Å²) in [5, 5.41) is 9.70. The Kier molecular flexibility index (Phi) is 4.65. The molecule has 1 aliphatic carbocycles. The van der Waals surface area contributed by atoms with Gasteiger partial charge in [0.15, 0.2) is 23.3 Å². The van der Waals surface area contributed by atoms with E-state index in [1.807, 2.05) is 0 Å². The number of carbonyl (C=O) groups excluding carboxylic acids is 1. The maximum absolute atomic E-state index is 13.5. The predicted molar refractivity (Wildman–Crippen MR) is 106 cm³/mol. The lowest BCUT2D eigenvalue weighted by Gasteiger charge is -2.37. The number of anilines is 2. The van der Waals surface area contributed by atoms with E-state index in [1.54, 1.807) is 4.90 Å². The second-order valence-corrected chi connectivity index (χ2v) is 10.1. The van der Waals surface area contributed by atoms with Gasteiger partial charge in [0.05, 0.1) is 12.3 Å². The molecule has 0 unspecified atom stereocenters. The molecule has 1 aromatic heterocycles. The van der Waals surface area contributed by atoms with Crippen LogP contribution in [0, 0.1) is 17.5 Å². The molecule has 2 atom stereocenters. The molecule has 1 saturated heterocycles. The van der Waals surface area contributed by atoms with Crippen LogP contribution in [-0.4, -0.2) is 47.9 Å². The van der Waals surface area contributed by atoms with Crippen LogP contribution in [0.4, 0.5) is 29.5 Å². The van der Waals surface area contributed by atoms with Crippen LogP contribution in [0.25, 0.3) is 0 Å². The number of benzene rings is 1. The van der Waals surface area contributed by atoms with E-state index in [9.17, 15) is 26.4 Å². The normalized spacial score (nSPS) is 24.2. The summed E-state index contributed by atoms with van der Waals surface area (Å²) in [6.07, 6.45) is 2.91. The lowest BCUT2D eigenvalue weighted by molar-refractivity contribution is 0.169. The third-order valence-corrected chi connectivity index (χ3v) is 8.12. The maximum Gasteiger partial charge on any atom is 0.322 e. The monoisotopic (exact) mass is 455 g/mol. The quantitative estimate of drug-likeness (QED) is 0.680. The minimum atomic E-state index is -3.45. The van der Waals surface area contributed by atoms with Crippen molar-refractivity contribution in [2.75, 3.05) is 21.9 Å². The number of amides is 2. The summed E-state index contributed by atoms with van der Waals surface area (Å²) in [6, 6.07) is 0.686. The zero-order valence-electron chi connectivity index (χ0n) is 16.4. The van der Waals surface area contributed by atoms with Crippen molar-refractivity contribution < 1.29 is 26.4 Å². The Bertz CT molecular complexity index is 1150. The number of nitrogens with zero attached hydrogens (tertiary/aromatic N) is 3. The van der Waals surface area contributed by atoms with Gasteiger partial charge < -0.3 is 10.2 Å². The molecule has 8 nitrogen and oxygen atoms in total. The van der Waals surface area contributed by atoms with Crippen molar-refractivity contribution in [2.24, 2.45) is 0 Å².